The molecule has 2 aromatic heterocycles. The molecule has 0 bridgehead atoms. The van der Waals surface area contributed by atoms with Gasteiger partial charge in [-0.15, -0.1) is 11.3 Å². The van der Waals surface area contributed by atoms with Gasteiger partial charge >= 0.3 is 5.97 Å². The van der Waals surface area contributed by atoms with Crippen molar-refractivity contribution in [3.05, 3.63) is 17.3 Å². The molecule has 1 atom stereocenters. The number of thiazole rings is 1. The first-order valence-corrected chi connectivity index (χ1v) is 8.49. The Kier molecular flexibility index (Phi) is 5.56. The molecule has 0 aliphatic heterocycles. The maximum absolute atomic E-state index is 11.8. The van der Waals surface area contributed by atoms with Crippen molar-refractivity contribution in [2.24, 2.45) is 0 Å². The van der Waals surface area contributed by atoms with Crippen molar-refractivity contribution in [3.8, 4) is 0 Å². The molecule has 1 amide bonds. The molecule has 22 heavy (non-hydrogen) atoms. The van der Waals surface area contributed by atoms with Crippen molar-refractivity contribution in [1.29, 1.82) is 0 Å². The van der Waals surface area contributed by atoms with Gasteiger partial charge in [-0.3, -0.25) is 14.0 Å². The molecule has 9 heteroatoms. The molecule has 0 aliphatic rings. The standard InChI is InChI=1S/C13H15N3O4S2/c1-2-3-8(12(19)20)14-10(18)7-22-11-9(6-17)16-4-5-21-13(16)15-11/h4-6,8H,2-3,7H2,1H3,(H,14,18)(H,19,20). The third kappa shape index (κ3) is 3.66. The van der Waals surface area contributed by atoms with Crippen LogP contribution < -0.4 is 5.32 Å². The van der Waals surface area contributed by atoms with Crippen LogP contribution in [-0.4, -0.2) is 44.4 Å². The van der Waals surface area contributed by atoms with E-state index in [0.29, 0.717) is 34.8 Å². The second kappa shape index (κ2) is 7.41. The fourth-order valence-electron chi connectivity index (χ4n) is 1.91. The monoisotopic (exact) mass is 341 g/mol. The molecule has 1 unspecified atom stereocenters. The van der Waals surface area contributed by atoms with Crippen LogP contribution in [0.4, 0.5) is 0 Å². The van der Waals surface area contributed by atoms with Gasteiger partial charge in [-0.2, -0.15) is 0 Å². The number of nitrogens with one attached hydrogen (secondary N) is 1. The number of hydrogen-bond donors (Lipinski definition) is 2. The second-order valence-electron chi connectivity index (χ2n) is 4.51. The van der Waals surface area contributed by atoms with Crippen LogP contribution in [-0.2, 0) is 9.59 Å². The lowest BCUT2D eigenvalue weighted by Crippen LogP contribution is -2.41. The zero-order valence-corrected chi connectivity index (χ0v) is 13.4. The molecule has 0 spiro atoms. The van der Waals surface area contributed by atoms with Crippen molar-refractivity contribution in [2.75, 3.05) is 5.75 Å². The van der Waals surface area contributed by atoms with Crippen LogP contribution in [0.5, 0.6) is 0 Å². The lowest BCUT2D eigenvalue weighted by atomic mass is 10.2. The molecule has 0 fully saturated rings. The van der Waals surface area contributed by atoms with Crippen molar-refractivity contribution in [1.82, 2.24) is 14.7 Å². The number of nitrogens with zero attached hydrogens (tertiary/aromatic N) is 2. The third-order valence-corrected chi connectivity index (χ3v) is 4.66. The van der Waals surface area contributed by atoms with E-state index in [0.717, 1.165) is 11.8 Å². The molecular weight excluding hydrogens is 326 g/mol. The quantitative estimate of drug-likeness (QED) is 0.559. The summed E-state index contributed by atoms with van der Waals surface area (Å²) in [7, 11) is 0. The maximum Gasteiger partial charge on any atom is 0.326 e. The van der Waals surface area contributed by atoms with E-state index in [1.807, 2.05) is 12.3 Å². The second-order valence-corrected chi connectivity index (χ2v) is 6.35. The topological polar surface area (TPSA) is 101 Å². The number of hydrogen-bond acceptors (Lipinski definition) is 6. The van der Waals surface area contributed by atoms with E-state index in [4.69, 9.17) is 5.11 Å². The Labute approximate surface area is 134 Å². The summed E-state index contributed by atoms with van der Waals surface area (Å²) < 4.78 is 1.66. The number of carboxylic acids is 1. The number of carboxylic acid groups (broad SMARTS) is 1. The van der Waals surface area contributed by atoms with Crippen molar-refractivity contribution in [3.63, 3.8) is 0 Å². The highest BCUT2D eigenvalue weighted by atomic mass is 32.2. The molecule has 2 N–H and O–H groups in total. The molecule has 0 aromatic carbocycles. The first-order chi connectivity index (χ1) is 10.6. The number of thioether (sulfide) groups is 1. The minimum atomic E-state index is -1.05. The highest BCUT2D eigenvalue weighted by Crippen LogP contribution is 2.24. The molecule has 0 saturated heterocycles. The normalized spacial score (nSPS) is 12.2. The Hall–Kier alpha value is -1.87. The van der Waals surface area contributed by atoms with E-state index < -0.39 is 12.0 Å². The van der Waals surface area contributed by atoms with E-state index in [1.54, 1.807) is 10.6 Å². The summed E-state index contributed by atoms with van der Waals surface area (Å²) in [6.45, 7) is 1.85. The maximum atomic E-state index is 11.8. The van der Waals surface area contributed by atoms with E-state index in [9.17, 15) is 14.4 Å². The minimum absolute atomic E-state index is 0.0131. The predicted octanol–water partition coefficient (Wildman–Crippen LogP) is 1.67. The van der Waals surface area contributed by atoms with E-state index in [1.165, 1.54) is 11.3 Å². The van der Waals surface area contributed by atoms with Gasteiger partial charge in [-0.1, -0.05) is 25.1 Å². The Bertz CT molecular complexity index is 695. The van der Waals surface area contributed by atoms with Crippen LogP contribution in [0.3, 0.4) is 0 Å². The van der Waals surface area contributed by atoms with Gasteiger partial charge in [0.1, 0.15) is 16.8 Å². The van der Waals surface area contributed by atoms with Gasteiger partial charge in [0.2, 0.25) is 5.91 Å². The van der Waals surface area contributed by atoms with Gasteiger partial charge in [0, 0.05) is 11.6 Å². The van der Waals surface area contributed by atoms with Gasteiger partial charge < -0.3 is 10.4 Å². The van der Waals surface area contributed by atoms with Crippen LogP contribution in [0, 0.1) is 0 Å². The number of amides is 1. The van der Waals surface area contributed by atoms with Gasteiger partial charge in [-0.05, 0) is 6.42 Å². The molecule has 7 nitrogen and oxygen atoms in total. The van der Waals surface area contributed by atoms with Crippen LogP contribution in [0.2, 0.25) is 0 Å². The smallest absolute Gasteiger partial charge is 0.326 e. The summed E-state index contributed by atoms with van der Waals surface area (Å²) in [5.74, 6) is -1.42. The van der Waals surface area contributed by atoms with Crippen LogP contribution in [0.1, 0.15) is 30.3 Å². The number of fused-ring (bicyclic) bond motifs is 1. The van der Waals surface area contributed by atoms with E-state index >= 15 is 0 Å². The van der Waals surface area contributed by atoms with E-state index in [2.05, 4.69) is 10.3 Å². The van der Waals surface area contributed by atoms with Gasteiger partial charge in [-0.25, -0.2) is 9.78 Å². The minimum Gasteiger partial charge on any atom is -0.480 e. The average molecular weight is 341 g/mol. The molecule has 2 aromatic rings. The fourth-order valence-corrected chi connectivity index (χ4v) is 3.49. The summed E-state index contributed by atoms with van der Waals surface area (Å²) >= 11 is 2.51. The SMILES string of the molecule is CCCC(NC(=O)CSc1nc2sccn2c1C=O)C(=O)O. The first kappa shape index (κ1) is 16.5. The van der Waals surface area contributed by atoms with Gasteiger partial charge in [0.15, 0.2) is 11.2 Å². The summed E-state index contributed by atoms with van der Waals surface area (Å²) in [4.78, 5) is 39.0. The summed E-state index contributed by atoms with van der Waals surface area (Å²) in [5.41, 5.74) is 0.400. The Morgan fingerprint density at radius 3 is 3.00 bits per heavy atom. The van der Waals surface area contributed by atoms with Crippen LogP contribution in [0.25, 0.3) is 4.96 Å². The van der Waals surface area contributed by atoms with E-state index in [-0.39, 0.29) is 11.7 Å². The zero-order chi connectivity index (χ0) is 16.1. The molecular formula is C13H15N3O4S2. The first-order valence-electron chi connectivity index (χ1n) is 6.62. The van der Waals surface area contributed by atoms with Crippen molar-refractivity contribution in [2.45, 2.75) is 30.8 Å². The molecule has 2 heterocycles. The zero-order valence-electron chi connectivity index (χ0n) is 11.8. The lowest BCUT2D eigenvalue weighted by Gasteiger charge is -2.12. The third-order valence-electron chi connectivity index (χ3n) is 2.93. The Morgan fingerprint density at radius 1 is 1.59 bits per heavy atom. The highest BCUT2D eigenvalue weighted by molar-refractivity contribution is 8.00. The molecule has 2 rings (SSSR count). The van der Waals surface area contributed by atoms with Crippen LogP contribution >= 0.6 is 23.1 Å². The summed E-state index contributed by atoms with van der Waals surface area (Å²) in [6, 6.07) is -0.880. The number of rotatable bonds is 8. The lowest BCUT2D eigenvalue weighted by molar-refractivity contribution is -0.141. The number of imidazole rings is 1. The number of carbonyl (C=O) groups is 3. The Balaban J connectivity index is 1.99. The number of aldehydes is 1. The largest absolute Gasteiger partial charge is 0.480 e. The molecule has 118 valence electrons. The summed E-state index contributed by atoms with van der Waals surface area (Å²) in [6.07, 6.45) is 3.48. The van der Waals surface area contributed by atoms with Crippen molar-refractivity contribution < 1.29 is 19.5 Å². The highest BCUT2D eigenvalue weighted by Gasteiger charge is 2.20. The number of carbonyl (C=O) groups excluding carboxylic acids is 2. The average Bonchev–Trinajstić information content (AvgIpc) is 3.04. The van der Waals surface area contributed by atoms with Gasteiger partial charge in [0.05, 0.1) is 5.75 Å². The molecule has 0 aliphatic carbocycles. The van der Waals surface area contributed by atoms with Gasteiger partial charge in [0.25, 0.3) is 0 Å². The number of aliphatic carboxylic acids is 1. The molecule has 0 saturated carbocycles. The molecule has 0 radical (unpaired) electrons. The Morgan fingerprint density at radius 2 is 2.36 bits per heavy atom. The number of aromatic nitrogens is 2. The predicted molar refractivity (Wildman–Crippen MR) is 83.7 cm³/mol. The fraction of sp³-hybridized carbons (Fsp3) is 0.385. The van der Waals surface area contributed by atoms with Crippen molar-refractivity contribution >= 4 is 46.2 Å². The summed E-state index contributed by atoms with van der Waals surface area (Å²) in [5, 5.41) is 13.8. The van der Waals surface area contributed by atoms with Crippen LogP contribution in [0.15, 0.2) is 16.6 Å².